The Kier molecular flexibility index (Phi) is 4.64. The highest BCUT2D eigenvalue weighted by molar-refractivity contribution is 5.85. The molecule has 0 amide bonds. The molecule has 1 aromatic carbocycles. The van der Waals surface area contributed by atoms with Crippen LogP contribution in [0.1, 0.15) is 31.4 Å². The molecule has 4 nitrogen and oxygen atoms in total. The zero-order valence-corrected chi connectivity index (χ0v) is 12.4. The van der Waals surface area contributed by atoms with Gasteiger partial charge in [0.2, 0.25) is 0 Å². The summed E-state index contributed by atoms with van der Waals surface area (Å²) in [5.74, 6) is 0.245. The van der Waals surface area contributed by atoms with Gasteiger partial charge in [-0.1, -0.05) is 19.9 Å². The van der Waals surface area contributed by atoms with Gasteiger partial charge in [0.1, 0.15) is 6.07 Å². The van der Waals surface area contributed by atoms with Crippen LogP contribution in [0.5, 0.6) is 0 Å². The van der Waals surface area contributed by atoms with E-state index < -0.39 is 5.97 Å². The third-order valence-electron chi connectivity index (χ3n) is 3.77. The lowest BCUT2D eigenvalue weighted by Crippen LogP contribution is -2.39. The molecule has 0 bridgehead atoms. The van der Waals surface area contributed by atoms with E-state index in [2.05, 4.69) is 24.8 Å². The number of rotatable bonds is 3. The number of anilines is 1. The van der Waals surface area contributed by atoms with Crippen molar-refractivity contribution in [3.8, 4) is 6.07 Å². The van der Waals surface area contributed by atoms with E-state index in [4.69, 9.17) is 5.11 Å². The molecule has 1 N–H and O–H groups in total. The van der Waals surface area contributed by atoms with Crippen LogP contribution in [0, 0.1) is 23.2 Å². The van der Waals surface area contributed by atoms with Gasteiger partial charge in [-0.3, -0.25) is 0 Å². The Morgan fingerprint density at radius 2 is 2.05 bits per heavy atom. The molecule has 110 valence electrons. The van der Waals surface area contributed by atoms with Crippen molar-refractivity contribution in [1.82, 2.24) is 0 Å². The van der Waals surface area contributed by atoms with Gasteiger partial charge in [0.25, 0.3) is 0 Å². The van der Waals surface area contributed by atoms with Crippen molar-refractivity contribution in [2.24, 2.45) is 11.8 Å². The summed E-state index contributed by atoms with van der Waals surface area (Å²) in [7, 11) is 0. The molecule has 0 aliphatic carbocycles. The molecule has 0 aromatic heterocycles. The summed E-state index contributed by atoms with van der Waals surface area (Å²) in [6.07, 6.45) is 3.81. The maximum absolute atomic E-state index is 10.6. The van der Waals surface area contributed by atoms with E-state index in [1.165, 1.54) is 12.5 Å². The molecular weight excluding hydrogens is 264 g/mol. The van der Waals surface area contributed by atoms with Crippen LogP contribution in [0.15, 0.2) is 24.3 Å². The van der Waals surface area contributed by atoms with Crippen molar-refractivity contribution < 1.29 is 9.90 Å². The van der Waals surface area contributed by atoms with E-state index in [9.17, 15) is 10.1 Å². The van der Waals surface area contributed by atoms with Crippen LogP contribution in [-0.4, -0.2) is 24.2 Å². The molecule has 2 atom stereocenters. The Morgan fingerprint density at radius 1 is 1.38 bits per heavy atom. The Labute approximate surface area is 125 Å². The second-order valence-corrected chi connectivity index (χ2v) is 5.91. The maximum atomic E-state index is 10.6. The lowest BCUT2D eigenvalue weighted by molar-refractivity contribution is -0.131. The van der Waals surface area contributed by atoms with Crippen molar-refractivity contribution >= 4 is 17.7 Å². The average molecular weight is 284 g/mol. The highest BCUT2D eigenvalue weighted by atomic mass is 16.4. The van der Waals surface area contributed by atoms with Crippen LogP contribution >= 0.6 is 0 Å². The second kappa shape index (κ2) is 6.45. The van der Waals surface area contributed by atoms with Gasteiger partial charge in [-0.2, -0.15) is 5.26 Å². The highest BCUT2D eigenvalue weighted by Crippen LogP contribution is 2.29. The standard InChI is InChI=1S/C17H20N2O2/c1-12-7-13(2)11-19(10-12)16-5-3-14(4-6-17(20)21)8-15(16)9-18/h3-6,8,12-13H,7,10-11H2,1-2H3,(H,20,21)/b6-4+. The largest absolute Gasteiger partial charge is 0.478 e. The summed E-state index contributed by atoms with van der Waals surface area (Å²) in [5.41, 5.74) is 2.28. The number of hydrogen-bond acceptors (Lipinski definition) is 3. The minimum Gasteiger partial charge on any atom is -0.478 e. The number of hydrogen-bond donors (Lipinski definition) is 1. The van der Waals surface area contributed by atoms with Crippen LogP contribution in [0.2, 0.25) is 0 Å². The van der Waals surface area contributed by atoms with Gasteiger partial charge in [0.05, 0.1) is 11.3 Å². The molecule has 0 saturated carbocycles. The summed E-state index contributed by atoms with van der Waals surface area (Å²) < 4.78 is 0. The third kappa shape index (κ3) is 3.85. The summed E-state index contributed by atoms with van der Waals surface area (Å²) in [4.78, 5) is 12.8. The SMILES string of the molecule is CC1CC(C)CN(c2ccc(/C=C/C(=O)O)cc2C#N)C1. The zero-order valence-electron chi connectivity index (χ0n) is 12.4. The predicted octanol–water partition coefficient (Wildman–Crippen LogP) is 3.14. The van der Waals surface area contributed by atoms with E-state index in [1.54, 1.807) is 6.07 Å². The Bertz CT molecular complexity index is 591. The van der Waals surface area contributed by atoms with Crippen molar-refractivity contribution in [3.63, 3.8) is 0 Å². The van der Waals surface area contributed by atoms with E-state index in [1.807, 2.05) is 12.1 Å². The first-order valence-electron chi connectivity index (χ1n) is 7.19. The molecule has 1 fully saturated rings. The molecule has 1 aliphatic rings. The first kappa shape index (κ1) is 15.1. The fourth-order valence-electron chi connectivity index (χ4n) is 3.05. The van der Waals surface area contributed by atoms with E-state index >= 15 is 0 Å². The van der Waals surface area contributed by atoms with Gasteiger partial charge < -0.3 is 10.0 Å². The molecule has 1 aliphatic heterocycles. The van der Waals surface area contributed by atoms with Crippen LogP contribution in [0.25, 0.3) is 6.08 Å². The number of nitriles is 1. The van der Waals surface area contributed by atoms with Gasteiger partial charge in [-0.05, 0) is 42.0 Å². The van der Waals surface area contributed by atoms with Crippen molar-refractivity contribution in [1.29, 1.82) is 5.26 Å². The molecule has 1 heterocycles. The van der Waals surface area contributed by atoms with Crippen LogP contribution in [-0.2, 0) is 4.79 Å². The first-order valence-corrected chi connectivity index (χ1v) is 7.19. The predicted molar refractivity (Wildman–Crippen MR) is 83.0 cm³/mol. The quantitative estimate of drug-likeness (QED) is 0.866. The molecule has 0 radical (unpaired) electrons. The normalized spacial score (nSPS) is 22.2. The van der Waals surface area contributed by atoms with Crippen molar-refractivity contribution in [3.05, 3.63) is 35.4 Å². The monoisotopic (exact) mass is 284 g/mol. The Morgan fingerprint density at radius 3 is 2.62 bits per heavy atom. The number of aliphatic carboxylic acids is 1. The number of carbonyl (C=O) groups is 1. The number of carboxylic acids is 1. The minimum absolute atomic E-state index is 0.601. The zero-order chi connectivity index (χ0) is 15.4. The van der Waals surface area contributed by atoms with Gasteiger partial charge >= 0.3 is 5.97 Å². The number of piperidine rings is 1. The molecule has 4 heteroatoms. The molecule has 2 rings (SSSR count). The van der Waals surface area contributed by atoms with E-state index in [0.717, 1.165) is 30.4 Å². The summed E-state index contributed by atoms with van der Waals surface area (Å²) in [5, 5.41) is 18.0. The van der Waals surface area contributed by atoms with E-state index in [0.29, 0.717) is 17.4 Å². The molecule has 2 unspecified atom stereocenters. The second-order valence-electron chi connectivity index (χ2n) is 5.91. The Hall–Kier alpha value is -2.28. The third-order valence-corrected chi connectivity index (χ3v) is 3.77. The molecule has 0 spiro atoms. The lowest BCUT2D eigenvalue weighted by Gasteiger charge is -2.37. The molecular formula is C17H20N2O2. The number of nitrogens with zero attached hydrogens (tertiary/aromatic N) is 2. The number of carboxylic acid groups (broad SMARTS) is 1. The maximum Gasteiger partial charge on any atom is 0.328 e. The summed E-state index contributed by atoms with van der Waals surface area (Å²) >= 11 is 0. The minimum atomic E-state index is -0.990. The average Bonchev–Trinajstić information content (AvgIpc) is 2.43. The molecule has 21 heavy (non-hydrogen) atoms. The topological polar surface area (TPSA) is 64.3 Å². The molecule has 1 saturated heterocycles. The Balaban J connectivity index is 2.28. The van der Waals surface area contributed by atoms with Gasteiger partial charge in [0, 0.05) is 19.2 Å². The fraction of sp³-hybridized carbons (Fsp3) is 0.412. The van der Waals surface area contributed by atoms with Gasteiger partial charge in [0.15, 0.2) is 0 Å². The fourth-order valence-corrected chi connectivity index (χ4v) is 3.05. The van der Waals surface area contributed by atoms with Gasteiger partial charge in [-0.15, -0.1) is 0 Å². The smallest absolute Gasteiger partial charge is 0.328 e. The van der Waals surface area contributed by atoms with Crippen molar-refractivity contribution in [2.45, 2.75) is 20.3 Å². The summed E-state index contributed by atoms with van der Waals surface area (Å²) in [6.45, 7) is 6.39. The van der Waals surface area contributed by atoms with Gasteiger partial charge in [-0.25, -0.2) is 4.79 Å². The van der Waals surface area contributed by atoms with Crippen molar-refractivity contribution in [2.75, 3.05) is 18.0 Å². The van der Waals surface area contributed by atoms with E-state index in [-0.39, 0.29) is 0 Å². The van der Waals surface area contributed by atoms with Crippen LogP contribution in [0.4, 0.5) is 5.69 Å². The highest BCUT2D eigenvalue weighted by Gasteiger charge is 2.23. The molecule has 1 aromatic rings. The number of benzene rings is 1. The lowest BCUT2D eigenvalue weighted by atomic mass is 9.91. The van der Waals surface area contributed by atoms with Crippen LogP contribution < -0.4 is 4.90 Å². The first-order chi connectivity index (χ1) is 9.99. The van der Waals surface area contributed by atoms with Crippen LogP contribution in [0.3, 0.4) is 0 Å². The summed E-state index contributed by atoms with van der Waals surface area (Å²) in [6, 6.07) is 7.76.